The van der Waals surface area contributed by atoms with Crippen LogP contribution in [-0.4, -0.2) is 29.9 Å². The maximum atomic E-state index is 12.4. The molecule has 98 valence electrons. The molecule has 2 aliphatic rings. The molecule has 0 spiro atoms. The fraction of sp³-hybridized carbons (Fsp3) is 0.929. The van der Waals surface area contributed by atoms with Gasteiger partial charge in [-0.25, -0.2) is 0 Å². The number of hydrogen-bond donors (Lipinski definition) is 1. The van der Waals surface area contributed by atoms with E-state index in [9.17, 15) is 4.79 Å². The van der Waals surface area contributed by atoms with Crippen LogP contribution >= 0.6 is 0 Å². The summed E-state index contributed by atoms with van der Waals surface area (Å²) in [6.07, 6.45) is 5.16. The largest absolute Gasteiger partial charge is 0.341 e. The summed E-state index contributed by atoms with van der Waals surface area (Å²) in [4.78, 5) is 14.5. The van der Waals surface area contributed by atoms with E-state index in [0.717, 1.165) is 24.9 Å². The van der Waals surface area contributed by atoms with Gasteiger partial charge in [0, 0.05) is 13.1 Å². The van der Waals surface area contributed by atoms with Crippen molar-refractivity contribution in [2.75, 3.05) is 13.1 Å². The Hall–Kier alpha value is -0.570. The second-order valence-electron chi connectivity index (χ2n) is 6.97. The Morgan fingerprint density at radius 3 is 1.88 bits per heavy atom. The molecule has 2 rings (SSSR count). The molecule has 0 saturated heterocycles. The Bertz CT molecular complexity index is 273. The minimum absolute atomic E-state index is 0.136. The third-order valence-electron chi connectivity index (χ3n) is 3.86. The molecule has 0 aromatic heterocycles. The number of rotatable bonds is 5. The van der Waals surface area contributed by atoms with Crippen LogP contribution in [0.2, 0.25) is 0 Å². The first-order valence-corrected chi connectivity index (χ1v) is 6.92. The maximum absolute atomic E-state index is 12.4. The molecule has 0 aromatic carbocycles. The van der Waals surface area contributed by atoms with E-state index in [4.69, 9.17) is 5.73 Å². The standard InChI is InChI=1S/C14H26N2O/c1-14(2,3)12(15)13(17)16(8-10-4-5-10)9-11-6-7-11/h10-12H,4-9,15H2,1-3H3/t12-/m1/s1. The van der Waals surface area contributed by atoms with Gasteiger partial charge in [-0.2, -0.15) is 0 Å². The van der Waals surface area contributed by atoms with E-state index in [1.807, 2.05) is 25.7 Å². The zero-order valence-corrected chi connectivity index (χ0v) is 11.4. The van der Waals surface area contributed by atoms with Crippen molar-refractivity contribution in [3.05, 3.63) is 0 Å². The highest BCUT2D eigenvalue weighted by molar-refractivity contribution is 5.82. The Morgan fingerprint density at radius 2 is 1.59 bits per heavy atom. The fourth-order valence-electron chi connectivity index (χ4n) is 2.05. The van der Waals surface area contributed by atoms with Gasteiger partial charge in [-0.1, -0.05) is 20.8 Å². The number of hydrogen-bond acceptors (Lipinski definition) is 2. The SMILES string of the molecule is CC(C)(C)[C@H](N)C(=O)N(CC1CC1)CC1CC1. The molecule has 0 bridgehead atoms. The van der Waals surface area contributed by atoms with Crippen molar-refractivity contribution in [1.82, 2.24) is 4.90 Å². The summed E-state index contributed by atoms with van der Waals surface area (Å²) < 4.78 is 0. The Kier molecular flexibility index (Phi) is 3.48. The molecular weight excluding hydrogens is 212 g/mol. The number of carbonyl (C=O) groups is 1. The molecule has 1 atom stereocenters. The molecule has 2 aliphatic carbocycles. The summed E-state index contributed by atoms with van der Waals surface area (Å²) in [5.41, 5.74) is 5.96. The Labute approximate surface area is 105 Å². The molecular formula is C14H26N2O. The first-order valence-electron chi connectivity index (χ1n) is 6.92. The van der Waals surface area contributed by atoms with E-state index in [-0.39, 0.29) is 17.4 Å². The van der Waals surface area contributed by atoms with Crippen molar-refractivity contribution in [3.8, 4) is 0 Å². The molecule has 2 saturated carbocycles. The van der Waals surface area contributed by atoms with Gasteiger partial charge in [0.1, 0.15) is 0 Å². The molecule has 0 aliphatic heterocycles. The second kappa shape index (κ2) is 4.60. The highest BCUT2D eigenvalue weighted by Crippen LogP contribution is 2.34. The van der Waals surface area contributed by atoms with Crippen LogP contribution in [0.4, 0.5) is 0 Å². The fourth-order valence-corrected chi connectivity index (χ4v) is 2.05. The van der Waals surface area contributed by atoms with Crippen molar-refractivity contribution in [2.45, 2.75) is 52.5 Å². The van der Waals surface area contributed by atoms with Crippen LogP contribution in [0.5, 0.6) is 0 Å². The molecule has 0 unspecified atom stereocenters. The van der Waals surface area contributed by atoms with E-state index in [0.29, 0.717) is 0 Å². The average Bonchev–Trinajstić information content (AvgIpc) is 3.06. The van der Waals surface area contributed by atoms with Gasteiger partial charge in [-0.15, -0.1) is 0 Å². The van der Waals surface area contributed by atoms with Gasteiger partial charge in [0.25, 0.3) is 0 Å². The molecule has 3 heteroatoms. The van der Waals surface area contributed by atoms with Gasteiger partial charge in [-0.3, -0.25) is 4.79 Å². The number of carbonyl (C=O) groups excluding carboxylic acids is 1. The average molecular weight is 238 g/mol. The van der Waals surface area contributed by atoms with Crippen molar-refractivity contribution in [2.24, 2.45) is 23.0 Å². The first-order chi connectivity index (χ1) is 7.88. The van der Waals surface area contributed by atoms with Gasteiger partial charge >= 0.3 is 0 Å². The lowest BCUT2D eigenvalue weighted by atomic mass is 9.86. The summed E-state index contributed by atoms with van der Waals surface area (Å²) in [7, 11) is 0. The van der Waals surface area contributed by atoms with Crippen molar-refractivity contribution in [1.29, 1.82) is 0 Å². The lowest BCUT2D eigenvalue weighted by Crippen LogP contribution is -2.51. The van der Waals surface area contributed by atoms with Crippen LogP contribution in [0.3, 0.4) is 0 Å². The van der Waals surface area contributed by atoms with E-state index < -0.39 is 0 Å². The maximum Gasteiger partial charge on any atom is 0.240 e. The van der Waals surface area contributed by atoms with Gasteiger partial charge < -0.3 is 10.6 Å². The van der Waals surface area contributed by atoms with Gasteiger partial charge in [0.15, 0.2) is 0 Å². The van der Waals surface area contributed by atoms with Crippen molar-refractivity contribution < 1.29 is 4.79 Å². The summed E-state index contributed by atoms with van der Waals surface area (Å²) in [6.45, 7) is 8.02. The number of nitrogens with zero attached hydrogens (tertiary/aromatic N) is 1. The van der Waals surface area contributed by atoms with Crippen LogP contribution in [0.1, 0.15) is 46.5 Å². The topological polar surface area (TPSA) is 46.3 Å². The Balaban J connectivity index is 1.94. The molecule has 17 heavy (non-hydrogen) atoms. The summed E-state index contributed by atoms with van der Waals surface area (Å²) in [5.74, 6) is 1.67. The van der Waals surface area contributed by atoms with Gasteiger partial charge in [-0.05, 0) is 42.9 Å². The smallest absolute Gasteiger partial charge is 0.240 e. The van der Waals surface area contributed by atoms with Crippen LogP contribution in [-0.2, 0) is 4.79 Å². The Morgan fingerprint density at radius 1 is 1.18 bits per heavy atom. The highest BCUT2D eigenvalue weighted by Gasteiger charge is 2.36. The number of nitrogens with two attached hydrogens (primary N) is 1. The lowest BCUT2D eigenvalue weighted by Gasteiger charge is -2.32. The molecule has 1 amide bonds. The van der Waals surface area contributed by atoms with E-state index in [2.05, 4.69) is 0 Å². The summed E-state index contributed by atoms with van der Waals surface area (Å²) in [5, 5.41) is 0. The molecule has 2 fully saturated rings. The van der Waals surface area contributed by atoms with Crippen molar-refractivity contribution in [3.63, 3.8) is 0 Å². The minimum atomic E-state index is -0.361. The zero-order valence-electron chi connectivity index (χ0n) is 11.4. The van der Waals surface area contributed by atoms with Gasteiger partial charge in [0.05, 0.1) is 6.04 Å². The third kappa shape index (κ3) is 3.70. The van der Waals surface area contributed by atoms with E-state index >= 15 is 0 Å². The van der Waals surface area contributed by atoms with Crippen LogP contribution < -0.4 is 5.73 Å². The van der Waals surface area contributed by atoms with E-state index in [1.165, 1.54) is 25.7 Å². The quantitative estimate of drug-likeness (QED) is 0.796. The van der Waals surface area contributed by atoms with Crippen molar-refractivity contribution >= 4 is 5.91 Å². The number of amides is 1. The van der Waals surface area contributed by atoms with E-state index in [1.54, 1.807) is 0 Å². The molecule has 0 radical (unpaired) electrons. The monoisotopic (exact) mass is 238 g/mol. The summed E-state index contributed by atoms with van der Waals surface area (Å²) >= 11 is 0. The van der Waals surface area contributed by atoms with Crippen LogP contribution in [0, 0.1) is 17.3 Å². The predicted octanol–water partition coefficient (Wildman–Crippen LogP) is 2.01. The summed E-state index contributed by atoms with van der Waals surface area (Å²) in [6, 6.07) is -0.361. The first kappa shape index (κ1) is 12.9. The normalized spacial score (nSPS) is 22.4. The molecule has 0 aromatic rings. The minimum Gasteiger partial charge on any atom is -0.341 e. The zero-order chi connectivity index (χ0) is 12.6. The second-order valence-corrected chi connectivity index (χ2v) is 6.97. The predicted molar refractivity (Wildman–Crippen MR) is 69.5 cm³/mol. The highest BCUT2D eigenvalue weighted by atomic mass is 16.2. The molecule has 0 heterocycles. The lowest BCUT2D eigenvalue weighted by molar-refractivity contribution is -0.135. The third-order valence-corrected chi connectivity index (χ3v) is 3.86. The van der Waals surface area contributed by atoms with Crippen LogP contribution in [0.25, 0.3) is 0 Å². The van der Waals surface area contributed by atoms with Gasteiger partial charge in [0.2, 0.25) is 5.91 Å². The van der Waals surface area contributed by atoms with Crippen LogP contribution in [0.15, 0.2) is 0 Å². The molecule has 3 nitrogen and oxygen atoms in total. The molecule has 2 N–H and O–H groups in total.